The zero-order chi connectivity index (χ0) is 18.4. The third-order valence-electron chi connectivity index (χ3n) is 5.54. The van der Waals surface area contributed by atoms with Crippen LogP contribution in [0.2, 0.25) is 0 Å². The summed E-state index contributed by atoms with van der Waals surface area (Å²) < 4.78 is 5.26. The summed E-state index contributed by atoms with van der Waals surface area (Å²) in [4.78, 5) is 38.9. The van der Waals surface area contributed by atoms with Crippen LogP contribution in [0.25, 0.3) is 0 Å². The molecule has 1 aromatic rings. The lowest BCUT2D eigenvalue weighted by atomic mass is 10.0. The first kappa shape index (κ1) is 17.7. The van der Waals surface area contributed by atoms with Crippen LogP contribution in [-0.4, -0.2) is 29.4 Å². The molecule has 0 radical (unpaired) electrons. The Hall–Kier alpha value is -2.08. The summed E-state index contributed by atoms with van der Waals surface area (Å²) >= 11 is 1.23. The van der Waals surface area contributed by atoms with Crippen molar-refractivity contribution in [3.63, 3.8) is 0 Å². The molecule has 25 heavy (non-hydrogen) atoms. The minimum absolute atomic E-state index is 0.143. The van der Waals surface area contributed by atoms with Gasteiger partial charge in [0.2, 0.25) is 0 Å². The molecule has 1 fully saturated rings. The van der Waals surface area contributed by atoms with Crippen molar-refractivity contribution in [1.29, 1.82) is 0 Å². The Bertz CT molecular complexity index is 753. The predicted octanol–water partition coefficient (Wildman–Crippen LogP) is 3.21. The van der Waals surface area contributed by atoms with E-state index in [0.29, 0.717) is 4.91 Å². The molecule has 1 aromatic carbocycles. The highest BCUT2D eigenvalue weighted by Gasteiger charge is 2.69. The van der Waals surface area contributed by atoms with Gasteiger partial charge in [0.15, 0.2) is 6.73 Å². The summed E-state index contributed by atoms with van der Waals surface area (Å²) in [6.45, 7) is 7.72. The van der Waals surface area contributed by atoms with Gasteiger partial charge in [0.1, 0.15) is 0 Å². The van der Waals surface area contributed by atoms with Gasteiger partial charge in [0, 0.05) is 11.0 Å². The molecule has 0 aromatic heterocycles. The summed E-state index contributed by atoms with van der Waals surface area (Å²) in [7, 11) is 0. The van der Waals surface area contributed by atoms with E-state index >= 15 is 0 Å². The van der Waals surface area contributed by atoms with E-state index in [0.717, 1.165) is 9.80 Å². The Kier molecular flexibility index (Phi) is 4.27. The number of imide groups is 1. The van der Waals surface area contributed by atoms with Crippen LogP contribution in [0.1, 0.15) is 27.7 Å². The average molecular weight is 359 g/mol. The molecule has 0 atom stereocenters. The standard InChI is InChI=1S/C19H21NO4S/c1-18(2)15(19(18,3)4)17(23)24-11-20-14(21)10-13(16(20)22)25-12-8-6-5-7-9-12/h5-10,15H,11H2,1-4H3. The molecule has 1 aliphatic carbocycles. The van der Waals surface area contributed by atoms with Crippen molar-refractivity contribution >= 4 is 29.5 Å². The molecule has 5 nitrogen and oxygen atoms in total. The molecule has 0 bridgehead atoms. The van der Waals surface area contributed by atoms with Crippen LogP contribution in [0.5, 0.6) is 0 Å². The largest absolute Gasteiger partial charge is 0.443 e. The van der Waals surface area contributed by atoms with Crippen molar-refractivity contribution < 1.29 is 19.1 Å². The number of hydrogen-bond acceptors (Lipinski definition) is 5. The van der Waals surface area contributed by atoms with Gasteiger partial charge < -0.3 is 4.74 Å². The van der Waals surface area contributed by atoms with Gasteiger partial charge >= 0.3 is 5.97 Å². The first-order valence-electron chi connectivity index (χ1n) is 8.13. The molecule has 0 saturated heterocycles. The summed E-state index contributed by atoms with van der Waals surface area (Å²) in [5.41, 5.74) is -0.286. The van der Waals surface area contributed by atoms with Gasteiger partial charge in [-0.25, -0.2) is 4.90 Å². The molecule has 1 heterocycles. The normalized spacial score (nSPS) is 21.3. The highest BCUT2D eigenvalue weighted by molar-refractivity contribution is 8.04. The fraction of sp³-hybridized carbons (Fsp3) is 0.421. The van der Waals surface area contributed by atoms with Gasteiger partial charge in [0.05, 0.1) is 10.8 Å². The summed E-state index contributed by atoms with van der Waals surface area (Å²) in [5, 5.41) is 0. The van der Waals surface area contributed by atoms with E-state index in [1.807, 2.05) is 58.0 Å². The van der Waals surface area contributed by atoms with Crippen molar-refractivity contribution in [3.05, 3.63) is 41.3 Å². The zero-order valence-electron chi connectivity index (χ0n) is 14.7. The number of esters is 1. The molecule has 0 unspecified atom stereocenters. The van der Waals surface area contributed by atoms with Crippen molar-refractivity contribution in [2.75, 3.05) is 6.73 Å². The summed E-state index contributed by atoms with van der Waals surface area (Å²) in [6.07, 6.45) is 1.29. The fourth-order valence-electron chi connectivity index (χ4n) is 3.29. The number of carbonyl (C=O) groups excluding carboxylic acids is 3. The van der Waals surface area contributed by atoms with Crippen LogP contribution in [0, 0.1) is 16.7 Å². The van der Waals surface area contributed by atoms with E-state index in [1.165, 1.54) is 17.8 Å². The third-order valence-corrected chi connectivity index (χ3v) is 6.56. The lowest BCUT2D eigenvalue weighted by molar-refractivity contribution is -0.156. The lowest BCUT2D eigenvalue weighted by Crippen LogP contribution is -2.34. The van der Waals surface area contributed by atoms with Crippen LogP contribution in [0.4, 0.5) is 0 Å². The van der Waals surface area contributed by atoms with Gasteiger partial charge in [-0.2, -0.15) is 0 Å². The second-order valence-electron chi connectivity index (χ2n) is 7.46. The SMILES string of the molecule is CC1(C)C(C(=O)OCN2C(=O)C=C(Sc3ccccc3)C2=O)C1(C)C. The molecular weight excluding hydrogens is 338 g/mol. The Morgan fingerprint density at radius 3 is 2.28 bits per heavy atom. The van der Waals surface area contributed by atoms with E-state index in [4.69, 9.17) is 4.74 Å². The Labute approximate surface area is 151 Å². The number of ether oxygens (including phenoxy) is 1. The summed E-state index contributed by atoms with van der Waals surface area (Å²) in [5.74, 6) is -1.47. The van der Waals surface area contributed by atoms with E-state index in [1.54, 1.807) is 0 Å². The van der Waals surface area contributed by atoms with Crippen molar-refractivity contribution in [2.24, 2.45) is 16.7 Å². The number of hydrogen-bond donors (Lipinski definition) is 0. The molecule has 0 N–H and O–H groups in total. The average Bonchev–Trinajstić information content (AvgIpc) is 2.80. The molecular formula is C19H21NO4S. The van der Waals surface area contributed by atoms with Crippen LogP contribution in [-0.2, 0) is 19.1 Å². The Morgan fingerprint density at radius 1 is 1.12 bits per heavy atom. The molecule has 1 aliphatic heterocycles. The molecule has 6 heteroatoms. The zero-order valence-corrected chi connectivity index (χ0v) is 15.6. The van der Waals surface area contributed by atoms with Crippen molar-refractivity contribution in [2.45, 2.75) is 32.6 Å². The number of carbonyl (C=O) groups is 3. The molecule has 3 rings (SSSR count). The van der Waals surface area contributed by atoms with Crippen molar-refractivity contribution in [3.8, 4) is 0 Å². The van der Waals surface area contributed by atoms with Crippen LogP contribution in [0.15, 0.2) is 46.2 Å². The number of amides is 2. The first-order valence-corrected chi connectivity index (χ1v) is 8.95. The number of thioether (sulfide) groups is 1. The smallest absolute Gasteiger partial charge is 0.311 e. The minimum atomic E-state index is -0.453. The third kappa shape index (κ3) is 2.99. The van der Waals surface area contributed by atoms with E-state index in [2.05, 4.69) is 0 Å². The monoisotopic (exact) mass is 359 g/mol. The second-order valence-corrected chi connectivity index (χ2v) is 8.58. The van der Waals surface area contributed by atoms with E-state index < -0.39 is 11.8 Å². The van der Waals surface area contributed by atoms with Gasteiger partial charge in [-0.3, -0.25) is 14.4 Å². The molecule has 132 valence electrons. The highest BCUT2D eigenvalue weighted by atomic mass is 32.2. The van der Waals surface area contributed by atoms with Gasteiger partial charge in [-0.1, -0.05) is 57.7 Å². The number of rotatable bonds is 5. The summed E-state index contributed by atoms with van der Waals surface area (Å²) in [6, 6.07) is 9.34. The van der Waals surface area contributed by atoms with Crippen LogP contribution < -0.4 is 0 Å². The maximum Gasteiger partial charge on any atom is 0.311 e. The van der Waals surface area contributed by atoms with E-state index in [9.17, 15) is 14.4 Å². The maximum atomic E-state index is 12.4. The predicted molar refractivity (Wildman–Crippen MR) is 94.2 cm³/mol. The van der Waals surface area contributed by atoms with E-state index in [-0.39, 0.29) is 29.4 Å². The van der Waals surface area contributed by atoms with Crippen molar-refractivity contribution in [1.82, 2.24) is 4.90 Å². The molecule has 0 spiro atoms. The molecule has 2 aliphatic rings. The highest BCUT2D eigenvalue weighted by Crippen LogP contribution is 2.68. The Balaban J connectivity index is 1.59. The maximum absolute atomic E-state index is 12.4. The molecule has 1 saturated carbocycles. The number of nitrogens with zero attached hydrogens (tertiary/aromatic N) is 1. The van der Waals surface area contributed by atoms with Gasteiger partial charge in [-0.05, 0) is 23.0 Å². The quantitative estimate of drug-likeness (QED) is 0.597. The number of benzene rings is 1. The van der Waals surface area contributed by atoms with Crippen LogP contribution >= 0.6 is 11.8 Å². The fourth-order valence-corrected chi connectivity index (χ4v) is 4.20. The van der Waals surface area contributed by atoms with Crippen LogP contribution in [0.3, 0.4) is 0 Å². The topological polar surface area (TPSA) is 63.7 Å². The minimum Gasteiger partial charge on any atom is -0.443 e. The lowest BCUT2D eigenvalue weighted by Gasteiger charge is -2.15. The molecule has 2 amide bonds. The van der Waals surface area contributed by atoms with Gasteiger partial charge in [-0.15, -0.1) is 0 Å². The second kappa shape index (κ2) is 6.02. The first-order chi connectivity index (χ1) is 11.7. The van der Waals surface area contributed by atoms with Gasteiger partial charge in [0.25, 0.3) is 11.8 Å². The Morgan fingerprint density at radius 2 is 1.72 bits per heavy atom.